The van der Waals surface area contributed by atoms with Crippen molar-refractivity contribution in [2.45, 2.75) is 44.0 Å². The fourth-order valence-electron chi connectivity index (χ4n) is 2.73. The number of nitrogens with zero attached hydrogens (tertiary/aromatic N) is 1. The van der Waals surface area contributed by atoms with Gasteiger partial charge in [0.15, 0.2) is 0 Å². The first-order valence-corrected chi connectivity index (χ1v) is 10.8. The van der Waals surface area contributed by atoms with Crippen LogP contribution in [0, 0.1) is 0 Å². The molecule has 1 heterocycles. The van der Waals surface area contributed by atoms with Gasteiger partial charge in [0.2, 0.25) is 15.9 Å². The van der Waals surface area contributed by atoms with E-state index in [4.69, 9.17) is 4.74 Å². The number of carbonyl (C=O) groups is 1. The summed E-state index contributed by atoms with van der Waals surface area (Å²) in [4.78, 5) is 17.0. The molecule has 0 saturated carbocycles. The molecule has 0 saturated heterocycles. The summed E-state index contributed by atoms with van der Waals surface area (Å²) in [5.41, 5.74) is 0.935. The predicted octanol–water partition coefficient (Wildman–Crippen LogP) is 3.05. The highest BCUT2D eigenvalue weighted by atomic mass is 32.2. The second-order valence-corrected chi connectivity index (χ2v) is 8.05. The largest absolute Gasteiger partial charge is 0.481 e. The van der Waals surface area contributed by atoms with Gasteiger partial charge in [0.25, 0.3) is 5.91 Å². The van der Waals surface area contributed by atoms with Crippen LogP contribution in [-0.2, 0) is 10.0 Å². The molecule has 0 fully saturated rings. The molecule has 2 rings (SSSR count). The Morgan fingerprint density at radius 2 is 1.93 bits per heavy atom. The highest BCUT2D eigenvalue weighted by molar-refractivity contribution is 7.89. The zero-order valence-electron chi connectivity index (χ0n) is 16.4. The zero-order valence-corrected chi connectivity index (χ0v) is 17.3. The van der Waals surface area contributed by atoms with Gasteiger partial charge in [-0.2, -0.15) is 0 Å². The maximum atomic E-state index is 12.9. The van der Waals surface area contributed by atoms with Gasteiger partial charge < -0.3 is 10.1 Å². The minimum Gasteiger partial charge on any atom is -0.481 e. The maximum absolute atomic E-state index is 12.9. The molecule has 1 aromatic heterocycles. The van der Waals surface area contributed by atoms with Gasteiger partial charge in [0, 0.05) is 18.8 Å². The molecule has 0 bridgehead atoms. The van der Waals surface area contributed by atoms with Gasteiger partial charge >= 0.3 is 0 Å². The number of nitrogens with one attached hydrogen (secondary N) is 2. The molecule has 8 heteroatoms. The van der Waals surface area contributed by atoms with Crippen LogP contribution in [0.2, 0.25) is 0 Å². The van der Waals surface area contributed by atoms with E-state index in [1.165, 1.54) is 19.2 Å². The van der Waals surface area contributed by atoms with Crippen molar-refractivity contribution < 1.29 is 17.9 Å². The monoisotopic (exact) mass is 405 g/mol. The van der Waals surface area contributed by atoms with Crippen molar-refractivity contribution in [1.29, 1.82) is 0 Å². The van der Waals surface area contributed by atoms with Crippen LogP contribution in [-0.4, -0.2) is 33.0 Å². The molecule has 0 aliphatic rings. The Bertz CT molecular complexity index is 883. The van der Waals surface area contributed by atoms with Crippen molar-refractivity contribution in [1.82, 2.24) is 15.0 Å². The number of pyridine rings is 1. The number of carbonyl (C=O) groups excluding carboxylic acids is 1. The molecule has 28 heavy (non-hydrogen) atoms. The minimum absolute atomic E-state index is 0.0219. The topological polar surface area (TPSA) is 97.4 Å². The van der Waals surface area contributed by atoms with E-state index in [1.54, 1.807) is 24.4 Å². The van der Waals surface area contributed by atoms with E-state index in [9.17, 15) is 13.2 Å². The fraction of sp³-hybridized carbons (Fsp3) is 0.400. The molecule has 0 spiro atoms. The van der Waals surface area contributed by atoms with Crippen LogP contribution in [0.5, 0.6) is 5.88 Å². The third-order valence-electron chi connectivity index (χ3n) is 4.33. The summed E-state index contributed by atoms with van der Waals surface area (Å²) in [7, 11) is -2.23. The molecular weight excluding hydrogens is 378 g/mol. The van der Waals surface area contributed by atoms with Crippen molar-refractivity contribution >= 4 is 15.9 Å². The number of methoxy groups -OCH3 is 1. The summed E-state index contributed by atoms with van der Waals surface area (Å²) in [6.45, 7) is 4.25. The molecule has 2 N–H and O–H groups in total. The number of rotatable bonds is 10. The quantitative estimate of drug-likeness (QED) is 0.592. The van der Waals surface area contributed by atoms with Gasteiger partial charge in [0.05, 0.1) is 23.6 Å². The van der Waals surface area contributed by atoms with Gasteiger partial charge in [-0.15, -0.1) is 0 Å². The third kappa shape index (κ3) is 5.53. The average Bonchev–Trinajstić information content (AvgIpc) is 2.72. The molecule has 0 radical (unpaired) electrons. The molecule has 7 nitrogen and oxygen atoms in total. The molecular formula is C20H27N3O4S. The predicted molar refractivity (Wildman–Crippen MR) is 108 cm³/mol. The van der Waals surface area contributed by atoms with Crippen molar-refractivity contribution in [3.63, 3.8) is 0 Å². The summed E-state index contributed by atoms with van der Waals surface area (Å²) in [6.07, 6.45) is 3.88. The van der Waals surface area contributed by atoms with Crippen molar-refractivity contribution in [2.24, 2.45) is 0 Å². The molecule has 0 aliphatic carbocycles. The zero-order chi connectivity index (χ0) is 20.6. The number of hydrogen-bond acceptors (Lipinski definition) is 5. The van der Waals surface area contributed by atoms with E-state index in [0.717, 1.165) is 18.4 Å². The summed E-state index contributed by atoms with van der Waals surface area (Å²) >= 11 is 0. The number of ether oxygens (including phenoxy) is 1. The second-order valence-electron chi connectivity index (χ2n) is 6.32. The van der Waals surface area contributed by atoms with Crippen LogP contribution in [0.15, 0.2) is 47.5 Å². The molecule has 1 unspecified atom stereocenters. The molecule has 152 valence electrons. The Labute approximate surface area is 166 Å². The second kappa shape index (κ2) is 10.2. The first kappa shape index (κ1) is 21.8. The Hall–Kier alpha value is -2.45. The molecule has 1 aromatic carbocycles. The third-order valence-corrected chi connectivity index (χ3v) is 5.85. The molecule has 2 aromatic rings. The summed E-state index contributed by atoms with van der Waals surface area (Å²) in [5, 5.41) is 2.90. The Kier molecular flexibility index (Phi) is 7.95. The Morgan fingerprint density at radius 1 is 1.18 bits per heavy atom. The maximum Gasteiger partial charge on any atom is 0.253 e. The van der Waals surface area contributed by atoms with Crippen LogP contribution in [0.4, 0.5) is 0 Å². The van der Waals surface area contributed by atoms with Crippen LogP contribution >= 0.6 is 0 Å². The van der Waals surface area contributed by atoms with E-state index in [2.05, 4.69) is 15.0 Å². The lowest BCUT2D eigenvalue weighted by Crippen LogP contribution is -2.32. The van der Waals surface area contributed by atoms with Gasteiger partial charge in [-0.05, 0) is 30.5 Å². The van der Waals surface area contributed by atoms with Crippen LogP contribution < -0.4 is 14.8 Å². The van der Waals surface area contributed by atoms with Gasteiger partial charge in [-0.1, -0.05) is 38.5 Å². The Balaban J connectivity index is 2.23. The van der Waals surface area contributed by atoms with Gasteiger partial charge in [0.1, 0.15) is 0 Å². The van der Waals surface area contributed by atoms with Crippen molar-refractivity contribution in [3.8, 4) is 5.88 Å². The van der Waals surface area contributed by atoms with E-state index in [-0.39, 0.29) is 16.5 Å². The minimum atomic E-state index is -3.76. The highest BCUT2D eigenvalue weighted by Crippen LogP contribution is 2.21. The lowest BCUT2D eigenvalue weighted by atomic mass is 10.1. The summed E-state index contributed by atoms with van der Waals surface area (Å²) in [5.74, 6) is 0.0404. The van der Waals surface area contributed by atoms with Crippen LogP contribution in [0.1, 0.15) is 55.1 Å². The average molecular weight is 406 g/mol. The van der Waals surface area contributed by atoms with Gasteiger partial charge in [-0.3, -0.25) is 4.79 Å². The lowest BCUT2D eigenvalue weighted by Gasteiger charge is -2.19. The number of hydrogen-bond donors (Lipinski definition) is 2. The Morgan fingerprint density at radius 3 is 2.54 bits per heavy atom. The first-order valence-electron chi connectivity index (χ1n) is 9.32. The summed E-state index contributed by atoms with van der Waals surface area (Å²) in [6, 6.07) is 9.47. The van der Waals surface area contributed by atoms with Crippen molar-refractivity contribution in [3.05, 3.63) is 53.7 Å². The summed E-state index contributed by atoms with van der Waals surface area (Å²) < 4.78 is 32.8. The number of aromatic nitrogens is 1. The molecule has 0 aliphatic heterocycles. The lowest BCUT2D eigenvalue weighted by molar-refractivity contribution is 0.0932. The number of unbranched alkanes of at least 4 members (excludes halogenated alkanes) is 1. The number of benzene rings is 1. The van der Waals surface area contributed by atoms with Crippen molar-refractivity contribution in [2.75, 3.05) is 13.7 Å². The first-order chi connectivity index (χ1) is 13.4. The SMILES string of the molecule is CCCCNS(=O)(=O)c1ccccc1C(=O)NC(CC)c1ccc(OC)nc1. The molecule has 1 atom stereocenters. The van der Waals surface area contributed by atoms with E-state index in [0.29, 0.717) is 18.8 Å². The number of amides is 1. The standard InChI is InChI=1S/C20H27N3O4S/c1-4-6-13-22-28(25,26)18-10-8-7-9-16(18)20(24)23-17(5-2)15-11-12-19(27-3)21-14-15/h7-12,14,17,22H,4-6,13H2,1-3H3,(H,23,24). The highest BCUT2D eigenvalue weighted by Gasteiger charge is 2.23. The van der Waals surface area contributed by atoms with E-state index < -0.39 is 15.9 Å². The van der Waals surface area contributed by atoms with Gasteiger partial charge in [-0.25, -0.2) is 18.1 Å². The smallest absolute Gasteiger partial charge is 0.253 e. The molecule has 1 amide bonds. The fourth-order valence-corrected chi connectivity index (χ4v) is 4.00. The normalized spacial score (nSPS) is 12.4. The van der Waals surface area contributed by atoms with E-state index in [1.807, 2.05) is 19.9 Å². The van der Waals surface area contributed by atoms with Crippen LogP contribution in [0.25, 0.3) is 0 Å². The number of sulfonamides is 1. The van der Waals surface area contributed by atoms with Crippen LogP contribution in [0.3, 0.4) is 0 Å². The van der Waals surface area contributed by atoms with E-state index >= 15 is 0 Å².